The van der Waals surface area contributed by atoms with Crippen LogP contribution in [-0.2, 0) is 4.74 Å². The summed E-state index contributed by atoms with van der Waals surface area (Å²) in [4.78, 5) is 25.6. The number of carbonyl (C=O) groups is 1. The first-order chi connectivity index (χ1) is 9.15. The topological polar surface area (TPSA) is 83.2 Å². The van der Waals surface area contributed by atoms with Gasteiger partial charge in [-0.3, -0.25) is 9.59 Å². The van der Waals surface area contributed by atoms with E-state index in [9.17, 15) is 9.59 Å². The first-order valence-corrected chi connectivity index (χ1v) is 6.36. The van der Waals surface area contributed by atoms with Crippen molar-refractivity contribution in [3.8, 4) is 0 Å². The van der Waals surface area contributed by atoms with Crippen LogP contribution in [0.1, 0.15) is 23.2 Å². The molecule has 1 fully saturated rings. The summed E-state index contributed by atoms with van der Waals surface area (Å²) in [6, 6.07) is 2.88. The lowest BCUT2D eigenvalue weighted by atomic mass is 9.98. The van der Waals surface area contributed by atoms with Crippen LogP contribution in [0.15, 0.2) is 23.1 Å². The minimum atomic E-state index is -0.279. The summed E-state index contributed by atoms with van der Waals surface area (Å²) >= 11 is 0. The van der Waals surface area contributed by atoms with Gasteiger partial charge in [-0.05, 0) is 25.5 Å². The Morgan fingerprint density at radius 3 is 2.95 bits per heavy atom. The lowest BCUT2D eigenvalue weighted by Crippen LogP contribution is -2.53. The number of aromatic nitrogens is 1. The number of amides is 1. The van der Waals surface area contributed by atoms with E-state index >= 15 is 0 Å². The predicted molar refractivity (Wildman–Crippen MR) is 78.5 cm³/mol. The van der Waals surface area contributed by atoms with Gasteiger partial charge in [0.1, 0.15) is 0 Å². The quantitative estimate of drug-likeness (QED) is 0.730. The van der Waals surface area contributed by atoms with Crippen LogP contribution in [0.25, 0.3) is 0 Å². The van der Waals surface area contributed by atoms with Gasteiger partial charge in [0.2, 0.25) is 5.56 Å². The second kappa shape index (κ2) is 7.42. The molecule has 0 spiro atoms. The molecule has 0 aromatic carbocycles. The zero-order valence-corrected chi connectivity index (χ0v) is 12.2. The van der Waals surface area contributed by atoms with Crippen LogP contribution >= 0.6 is 12.4 Å². The molecule has 1 amide bonds. The number of hydrogen-bond acceptors (Lipinski definition) is 4. The number of methoxy groups -OCH3 is 1. The SMILES string of the molecule is COCC1(CNC(=O)c2cc[nH]c(=O)c2)CCCN1.Cl. The summed E-state index contributed by atoms with van der Waals surface area (Å²) in [7, 11) is 1.65. The fraction of sp³-hybridized carbons (Fsp3) is 0.538. The van der Waals surface area contributed by atoms with Crippen molar-refractivity contribution in [2.45, 2.75) is 18.4 Å². The number of ether oxygens (including phenoxy) is 1. The third-order valence-electron chi connectivity index (χ3n) is 3.38. The van der Waals surface area contributed by atoms with Crippen LogP contribution in [0, 0.1) is 0 Å². The van der Waals surface area contributed by atoms with Gasteiger partial charge in [0.25, 0.3) is 5.91 Å². The van der Waals surface area contributed by atoms with Gasteiger partial charge in [0.15, 0.2) is 0 Å². The molecular weight excluding hydrogens is 282 g/mol. The molecule has 3 N–H and O–H groups in total. The van der Waals surface area contributed by atoms with Gasteiger partial charge in [-0.2, -0.15) is 0 Å². The van der Waals surface area contributed by atoms with E-state index in [1.54, 1.807) is 13.2 Å². The monoisotopic (exact) mass is 301 g/mol. The molecule has 0 radical (unpaired) electrons. The molecule has 2 heterocycles. The van der Waals surface area contributed by atoms with Crippen LogP contribution in [0.3, 0.4) is 0 Å². The highest BCUT2D eigenvalue weighted by atomic mass is 35.5. The molecule has 112 valence electrons. The third kappa shape index (κ3) is 4.06. The Balaban J connectivity index is 0.00000200. The zero-order valence-electron chi connectivity index (χ0n) is 11.4. The van der Waals surface area contributed by atoms with E-state index in [4.69, 9.17) is 4.74 Å². The first kappa shape index (κ1) is 16.7. The Labute approximate surface area is 123 Å². The molecule has 6 nitrogen and oxygen atoms in total. The van der Waals surface area contributed by atoms with Gasteiger partial charge in [-0.1, -0.05) is 0 Å². The van der Waals surface area contributed by atoms with Crippen molar-refractivity contribution in [1.29, 1.82) is 0 Å². The van der Waals surface area contributed by atoms with Gasteiger partial charge >= 0.3 is 0 Å². The number of pyridine rings is 1. The Bertz CT molecular complexity index is 498. The smallest absolute Gasteiger partial charge is 0.251 e. The van der Waals surface area contributed by atoms with E-state index in [0.717, 1.165) is 19.4 Å². The molecule has 7 heteroatoms. The standard InChI is InChI=1S/C13H19N3O3.ClH/c1-19-9-13(4-2-5-16-13)8-15-12(18)10-3-6-14-11(17)7-10;/h3,6-7,16H,2,4-5,8-9H2,1H3,(H,14,17)(H,15,18);1H. The Hall–Kier alpha value is -1.37. The number of rotatable bonds is 5. The Kier molecular flexibility index (Phi) is 6.19. The number of hydrogen-bond donors (Lipinski definition) is 3. The number of carbonyl (C=O) groups excluding carboxylic acids is 1. The second-order valence-electron chi connectivity index (χ2n) is 4.87. The summed E-state index contributed by atoms with van der Waals surface area (Å²) in [5.74, 6) is -0.240. The Morgan fingerprint density at radius 1 is 1.55 bits per heavy atom. The molecule has 1 aromatic rings. The maximum Gasteiger partial charge on any atom is 0.251 e. The highest BCUT2D eigenvalue weighted by Crippen LogP contribution is 2.18. The van der Waals surface area contributed by atoms with Crippen molar-refractivity contribution in [2.75, 3.05) is 26.8 Å². The first-order valence-electron chi connectivity index (χ1n) is 6.36. The average molecular weight is 302 g/mol. The molecule has 1 saturated heterocycles. The highest BCUT2D eigenvalue weighted by Gasteiger charge is 2.33. The third-order valence-corrected chi connectivity index (χ3v) is 3.38. The summed E-state index contributed by atoms with van der Waals surface area (Å²) < 4.78 is 5.22. The summed E-state index contributed by atoms with van der Waals surface area (Å²) in [5.41, 5.74) is -0.0985. The molecule has 2 rings (SSSR count). The van der Waals surface area contributed by atoms with E-state index < -0.39 is 0 Å². The van der Waals surface area contributed by atoms with Crippen LogP contribution < -0.4 is 16.2 Å². The molecule has 1 aliphatic heterocycles. The van der Waals surface area contributed by atoms with E-state index in [-0.39, 0.29) is 29.4 Å². The van der Waals surface area contributed by atoms with Crippen LogP contribution in [0.4, 0.5) is 0 Å². The van der Waals surface area contributed by atoms with Crippen molar-refractivity contribution in [3.63, 3.8) is 0 Å². The van der Waals surface area contributed by atoms with Crippen LogP contribution in [0.5, 0.6) is 0 Å². The van der Waals surface area contributed by atoms with Crippen LogP contribution in [-0.4, -0.2) is 43.2 Å². The lowest BCUT2D eigenvalue weighted by Gasteiger charge is -2.28. The Morgan fingerprint density at radius 2 is 2.35 bits per heavy atom. The minimum absolute atomic E-state index is 0. The summed E-state index contributed by atoms with van der Waals surface area (Å²) in [6.07, 6.45) is 3.51. The maximum absolute atomic E-state index is 12.0. The number of halogens is 1. The van der Waals surface area contributed by atoms with Crippen molar-refractivity contribution in [2.24, 2.45) is 0 Å². The zero-order chi connectivity index (χ0) is 13.7. The molecule has 1 unspecified atom stereocenters. The van der Waals surface area contributed by atoms with Crippen molar-refractivity contribution < 1.29 is 9.53 Å². The van der Waals surface area contributed by atoms with Gasteiger partial charge < -0.3 is 20.4 Å². The van der Waals surface area contributed by atoms with Gasteiger partial charge in [0.05, 0.1) is 12.1 Å². The molecule has 20 heavy (non-hydrogen) atoms. The maximum atomic E-state index is 12.0. The predicted octanol–water partition coefficient (Wildman–Crippen LogP) is 0.295. The van der Waals surface area contributed by atoms with Gasteiger partial charge in [0, 0.05) is 31.5 Å². The average Bonchev–Trinajstić information content (AvgIpc) is 2.85. The normalized spacial score (nSPS) is 21.2. The number of nitrogens with one attached hydrogen (secondary N) is 3. The summed E-state index contributed by atoms with van der Waals surface area (Å²) in [6.45, 7) is 1.99. The minimum Gasteiger partial charge on any atom is -0.383 e. The lowest BCUT2D eigenvalue weighted by molar-refractivity contribution is 0.0892. The van der Waals surface area contributed by atoms with E-state index in [1.807, 2.05) is 0 Å². The van der Waals surface area contributed by atoms with Crippen molar-refractivity contribution >= 4 is 18.3 Å². The number of H-pyrrole nitrogens is 1. The van der Waals surface area contributed by atoms with E-state index in [1.165, 1.54) is 12.3 Å². The van der Waals surface area contributed by atoms with E-state index in [0.29, 0.717) is 18.7 Å². The summed E-state index contributed by atoms with van der Waals surface area (Å²) in [5, 5.41) is 6.24. The molecule has 0 aliphatic carbocycles. The molecular formula is C13H20ClN3O3. The molecule has 1 aliphatic rings. The van der Waals surface area contributed by atoms with Crippen molar-refractivity contribution in [1.82, 2.24) is 15.6 Å². The molecule has 1 aromatic heterocycles. The molecule has 1 atom stereocenters. The van der Waals surface area contributed by atoms with Crippen molar-refractivity contribution in [3.05, 3.63) is 34.2 Å². The second-order valence-corrected chi connectivity index (χ2v) is 4.87. The highest BCUT2D eigenvalue weighted by molar-refractivity contribution is 5.94. The van der Waals surface area contributed by atoms with Crippen LogP contribution in [0.2, 0.25) is 0 Å². The fourth-order valence-electron chi connectivity index (χ4n) is 2.41. The van der Waals surface area contributed by atoms with E-state index in [2.05, 4.69) is 15.6 Å². The molecule has 0 saturated carbocycles. The molecule has 0 bridgehead atoms. The number of aromatic amines is 1. The van der Waals surface area contributed by atoms with Gasteiger partial charge in [-0.15, -0.1) is 12.4 Å². The van der Waals surface area contributed by atoms with Gasteiger partial charge in [-0.25, -0.2) is 0 Å². The largest absolute Gasteiger partial charge is 0.383 e. The fourth-order valence-corrected chi connectivity index (χ4v) is 2.41.